The van der Waals surface area contributed by atoms with Gasteiger partial charge in [-0.15, -0.1) is 0 Å². The minimum Gasteiger partial charge on any atom is -0.398 e. The van der Waals surface area contributed by atoms with E-state index in [1.54, 1.807) is 11.4 Å². The van der Waals surface area contributed by atoms with Crippen molar-refractivity contribution in [3.05, 3.63) is 28.2 Å². The molecule has 0 aliphatic heterocycles. The molecule has 0 radical (unpaired) electrons. The van der Waals surface area contributed by atoms with Crippen LogP contribution in [0.15, 0.2) is 22.7 Å². The summed E-state index contributed by atoms with van der Waals surface area (Å²) >= 11 is 3.17. The average molecular weight is 368 g/mol. The van der Waals surface area contributed by atoms with E-state index in [0.717, 1.165) is 4.90 Å². The summed E-state index contributed by atoms with van der Waals surface area (Å²) in [5.41, 5.74) is 6.21. The first-order chi connectivity index (χ1) is 9.60. The predicted molar refractivity (Wildman–Crippen MR) is 74.6 cm³/mol. The van der Waals surface area contributed by atoms with Crippen LogP contribution in [0.25, 0.3) is 0 Å². The van der Waals surface area contributed by atoms with Gasteiger partial charge in [0.1, 0.15) is 6.54 Å². The van der Waals surface area contributed by atoms with E-state index in [1.165, 1.54) is 19.2 Å². The molecule has 1 rings (SSSR count). The van der Waals surface area contributed by atoms with E-state index in [0.29, 0.717) is 10.2 Å². The normalized spacial score (nSPS) is 11.1. The van der Waals surface area contributed by atoms with Gasteiger partial charge in [-0.2, -0.15) is 13.2 Å². The molecule has 0 aromatic heterocycles. The van der Waals surface area contributed by atoms with Crippen LogP contribution in [0.1, 0.15) is 10.4 Å². The van der Waals surface area contributed by atoms with E-state index in [9.17, 15) is 22.8 Å². The first-order valence-corrected chi connectivity index (χ1v) is 6.53. The molecule has 3 N–H and O–H groups in total. The van der Waals surface area contributed by atoms with Crippen LogP contribution in [0.3, 0.4) is 0 Å². The second kappa shape index (κ2) is 6.79. The Bertz CT molecular complexity index is 549. The van der Waals surface area contributed by atoms with Crippen molar-refractivity contribution in [2.24, 2.45) is 0 Å². The third-order valence-corrected chi connectivity index (χ3v) is 3.18. The van der Waals surface area contributed by atoms with Crippen LogP contribution < -0.4 is 11.1 Å². The number of amides is 2. The highest BCUT2D eigenvalue weighted by molar-refractivity contribution is 9.10. The van der Waals surface area contributed by atoms with Crippen molar-refractivity contribution in [3.63, 3.8) is 0 Å². The number of nitrogen functional groups attached to an aromatic ring is 1. The molecule has 5 nitrogen and oxygen atoms in total. The molecule has 0 bridgehead atoms. The lowest BCUT2D eigenvalue weighted by atomic mass is 10.2. The molecule has 0 aliphatic carbocycles. The maximum absolute atomic E-state index is 12.0. The molecule has 0 saturated carbocycles. The zero-order valence-electron chi connectivity index (χ0n) is 11.0. The number of carbonyl (C=O) groups excluding carboxylic acids is 2. The number of hydrogen-bond acceptors (Lipinski definition) is 3. The topological polar surface area (TPSA) is 75.4 Å². The Hall–Kier alpha value is -1.77. The maximum Gasteiger partial charge on any atom is 0.405 e. The van der Waals surface area contributed by atoms with Crippen molar-refractivity contribution in [3.8, 4) is 0 Å². The molecule has 1 aromatic rings. The summed E-state index contributed by atoms with van der Waals surface area (Å²) < 4.78 is 36.5. The zero-order chi connectivity index (χ0) is 16.2. The summed E-state index contributed by atoms with van der Waals surface area (Å²) in [4.78, 5) is 24.3. The van der Waals surface area contributed by atoms with Crippen LogP contribution in [0.5, 0.6) is 0 Å². The first-order valence-electron chi connectivity index (χ1n) is 5.74. The third kappa shape index (κ3) is 5.62. The number of nitrogens with one attached hydrogen (secondary N) is 1. The quantitative estimate of drug-likeness (QED) is 0.796. The standard InChI is InChI=1S/C12H13BrF3N3O2/c1-19(5-10(20)18-6-12(14,15)16)11(21)7-2-3-8(13)9(17)4-7/h2-4H,5-6,17H2,1H3,(H,18,20). The van der Waals surface area contributed by atoms with Crippen molar-refractivity contribution in [1.82, 2.24) is 10.2 Å². The lowest BCUT2D eigenvalue weighted by Gasteiger charge is -2.17. The molecule has 0 heterocycles. The van der Waals surface area contributed by atoms with Gasteiger partial charge in [-0.05, 0) is 34.1 Å². The molecular weight excluding hydrogens is 355 g/mol. The molecule has 0 aliphatic rings. The summed E-state index contributed by atoms with van der Waals surface area (Å²) in [5.74, 6) is -1.41. The summed E-state index contributed by atoms with van der Waals surface area (Å²) in [7, 11) is 1.31. The van der Waals surface area contributed by atoms with Crippen LogP contribution >= 0.6 is 15.9 Å². The molecule has 0 atom stereocenters. The van der Waals surface area contributed by atoms with E-state index >= 15 is 0 Å². The van der Waals surface area contributed by atoms with Crippen LogP contribution in [-0.2, 0) is 4.79 Å². The van der Waals surface area contributed by atoms with Crippen LogP contribution in [0, 0.1) is 0 Å². The Morgan fingerprint density at radius 2 is 2.00 bits per heavy atom. The Morgan fingerprint density at radius 1 is 1.38 bits per heavy atom. The van der Waals surface area contributed by atoms with Crippen molar-refractivity contribution in [2.75, 3.05) is 25.9 Å². The van der Waals surface area contributed by atoms with Gasteiger partial charge >= 0.3 is 6.18 Å². The predicted octanol–water partition coefficient (Wildman–Crippen LogP) is 1.78. The van der Waals surface area contributed by atoms with E-state index in [2.05, 4.69) is 15.9 Å². The van der Waals surface area contributed by atoms with Crippen molar-refractivity contribution in [1.29, 1.82) is 0 Å². The smallest absolute Gasteiger partial charge is 0.398 e. The Labute approximate surface area is 127 Å². The van der Waals surface area contributed by atoms with E-state index in [-0.39, 0.29) is 5.56 Å². The molecule has 21 heavy (non-hydrogen) atoms. The highest BCUT2D eigenvalue weighted by Gasteiger charge is 2.28. The molecule has 1 aromatic carbocycles. The summed E-state index contributed by atoms with van der Waals surface area (Å²) in [6, 6.07) is 4.48. The number of rotatable bonds is 4. The minimum absolute atomic E-state index is 0.238. The number of hydrogen-bond donors (Lipinski definition) is 2. The van der Waals surface area contributed by atoms with Crippen LogP contribution in [0.2, 0.25) is 0 Å². The second-order valence-electron chi connectivity index (χ2n) is 4.29. The fraction of sp³-hybridized carbons (Fsp3) is 0.333. The van der Waals surface area contributed by atoms with Crippen LogP contribution in [-0.4, -0.2) is 43.0 Å². The number of anilines is 1. The highest BCUT2D eigenvalue weighted by atomic mass is 79.9. The van der Waals surface area contributed by atoms with Crippen molar-refractivity contribution in [2.45, 2.75) is 6.18 Å². The number of alkyl halides is 3. The van der Waals surface area contributed by atoms with Gasteiger partial charge in [0.2, 0.25) is 5.91 Å². The molecule has 9 heteroatoms. The van der Waals surface area contributed by atoms with Gasteiger partial charge in [-0.1, -0.05) is 0 Å². The number of halogens is 4. The lowest BCUT2D eigenvalue weighted by Crippen LogP contribution is -2.41. The zero-order valence-corrected chi connectivity index (χ0v) is 12.6. The van der Waals surface area contributed by atoms with Crippen molar-refractivity contribution < 1.29 is 22.8 Å². The van der Waals surface area contributed by atoms with Crippen molar-refractivity contribution >= 4 is 33.4 Å². The van der Waals surface area contributed by atoms with Gasteiger partial charge in [-0.25, -0.2) is 0 Å². The molecular formula is C12H13BrF3N3O2. The van der Waals surface area contributed by atoms with Gasteiger partial charge < -0.3 is 16.0 Å². The molecule has 0 saturated heterocycles. The Balaban J connectivity index is 2.62. The maximum atomic E-state index is 12.0. The molecule has 0 fully saturated rings. The summed E-state index contributed by atoms with van der Waals surface area (Å²) in [5, 5.41) is 1.69. The van der Waals surface area contributed by atoms with Gasteiger partial charge in [0.15, 0.2) is 0 Å². The largest absolute Gasteiger partial charge is 0.405 e. The molecule has 0 unspecified atom stereocenters. The van der Waals surface area contributed by atoms with Gasteiger partial charge in [0.25, 0.3) is 5.91 Å². The molecule has 116 valence electrons. The lowest BCUT2D eigenvalue weighted by molar-refractivity contribution is -0.138. The SMILES string of the molecule is CN(CC(=O)NCC(F)(F)F)C(=O)c1ccc(Br)c(N)c1. The van der Waals surface area contributed by atoms with E-state index in [4.69, 9.17) is 5.73 Å². The minimum atomic E-state index is -4.49. The van der Waals surface area contributed by atoms with Gasteiger partial charge in [0.05, 0.1) is 6.54 Å². The number of nitrogens with zero attached hydrogens (tertiary/aromatic N) is 1. The van der Waals surface area contributed by atoms with E-state index in [1.807, 2.05) is 0 Å². The second-order valence-corrected chi connectivity index (χ2v) is 5.14. The summed E-state index contributed by atoms with van der Waals surface area (Å²) in [6.45, 7) is -1.91. The van der Waals surface area contributed by atoms with Gasteiger partial charge in [0, 0.05) is 22.8 Å². The Morgan fingerprint density at radius 3 is 2.52 bits per heavy atom. The average Bonchev–Trinajstić information content (AvgIpc) is 2.38. The summed E-state index contributed by atoms with van der Waals surface area (Å²) in [6.07, 6.45) is -4.49. The molecule has 0 spiro atoms. The number of carbonyl (C=O) groups is 2. The number of nitrogens with two attached hydrogens (primary N) is 1. The number of likely N-dealkylation sites (N-methyl/N-ethyl adjacent to an activating group) is 1. The first kappa shape index (κ1) is 17.3. The monoisotopic (exact) mass is 367 g/mol. The molecule has 2 amide bonds. The fourth-order valence-corrected chi connectivity index (χ4v) is 1.69. The van der Waals surface area contributed by atoms with Gasteiger partial charge in [-0.3, -0.25) is 9.59 Å². The fourth-order valence-electron chi connectivity index (χ4n) is 1.44. The third-order valence-electron chi connectivity index (χ3n) is 2.46. The van der Waals surface area contributed by atoms with E-state index < -0.39 is 31.1 Å². The highest BCUT2D eigenvalue weighted by Crippen LogP contribution is 2.20. The Kier molecular flexibility index (Phi) is 5.59. The number of benzene rings is 1. The van der Waals surface area contributed by atoms with Crippen LogP contribution in [0.4, 0.5) is 18.9 Å².